The molecule has 1 spiro atoms. The first-order chi connectivity index (χ1) is 13.6. The van der Waals surface area contributed by atoms with Crippen LogP contribution in [0.3, 0.4) is 0 Å². The van der Waals surface area contributed by atoms with Gasteiger partial charge in [-0.3, -0.25) is 4.79 Å². The van der Waals surface area contributed by atoms with Crippen LogP contribution in [-0.2, 0) is 24.7 Å². The molecule has 5 nitrogen and oxygen atoms in total. The molecule has 5 rings (SSSR count). The lowest BCUT2D eigenvalue weighted by atomic mass is 9.75. The van der Waals surface area contributed by atoms with Crippen molar-refractivity contribution >= 4 is 11.8 Å². The number of allylic oxidation sites excluding steroid dienone is 1. The minimum atomic E-state index is -1.21. The highest BCUT2D eigenvalue weighted by molar-refractivity contribution is 6.21. The van der Waals surface area contributed by atoms with Crippen molar-refractivity contribution < 1.29 is 23.8 Å². The van der Waals surface area contributed by atoms with Gasteiger partial charge in [0.25, 0.3) is 0 Å². The molecule has 0 saturated carbocycles. The number of rotatable bonds is 3. The van der Waals surface area contributed by atoms with Crippen LogP contribution in [0.2, 0.25) is 0 Å². The first-order valence-electron chi connectivity index (χ1n) is 9.36. The van der Waals surface area contributed by atoms with E-state index in [2.05, 4.69) is 0 Å². The summed E-state index contributed by atoms with van der Waals surface area (Å²) in [5.74, 6) is 0.893. The number of ether oxygens (including phenoxy) is 3. The summed E-state index contributed by atoms with van der Waals surface area (Å²) in [5.41, 5.74) is 0.827. The van der Waals surface area contributed by atoms with E-state index in [1.54, 1.807) is 6.08 Å². The second-order valence-corrected chi connectivity index (χ2v) is 7.01. The van der Waals surface area contributed by atoms with Crippen LogP contribution < -0.4 is 4.74 Å². The van der Waals surface area contributed by atoms with Gasteiger partial charge in [-0.2, -0.15) is 0 Å². The van der Waals surface area contributed by atoms with Crippen molar-refractivity contribution in [3.05, 3.63) is 82.6 Å². The van der Waals surface area contributed by atoms with Gasteiger partial charge in [-0.1, -0.05) is 43.3 Å². The van der Waals surface area contributed by atoms with Crippen LogP contribution in [0.1, 0.15) is 30.9 Å². The van der Waals surface area contributed by atoms with Gasteiger partial charge in [0.1, 0.15) is 22.8 Å². The number of hydrogen-bond acceptors (Lipinski definition) is 5. The molecule has 0 fully saturated rings. The lowest BCUT2D eigenvalue weighted by Crippen LogP contribution is -2.34. The Morgan fingerprint density at radius 2 is 1.64 bits per heavy atom. The molecule has 0 unspecified atom stereocenters. The minimum absolute atomic E-state index is 0.0732. The van der Waals surface area contributed by atoms with E-state index in [9.17, 15) is 9.59 Å². The maximum absolute atomic E-state index is 12.8. The fourth-order valence-electron chi connectivity index (χ4n) is 4.11. The third kappa shape index (κ3) is 2.19. The third-order valence-electron chi connectivity index (χ3n) is 5.26. The van der Waals surface area contributed by atoms with Crippen LogP contribution in [-0.4, -0.2) is 18.4 Å². The average molecular weight is 374 g/mol. The molecular weight excluding hydrogens is 356 g/mol. The normalized spacial score (nSPS) is 18.7. The zero-order valence-electron chi connectivity index (χ0n) is 15.4. The molecule has 2 aromatic carbocycles. The molecule has 2 heterocycles. The highest BCUT2D eigenvalue weighted by atomic mass is 16.6. The molecule has 0 amide bonds. The standard InChI is InChI=1S/C23H18O5/c1-2-11-26-14-12-17-21(18(24)13-14)22(25)28-23(17)15-7-3-5-9-19(15)27-20-10-6-4-8-16(20)23/h3-10,12H,2,11,13H2,1H3. The van der Waals surface area contributed by atoms with Gasteiger partial charge in [0.05, 0.1) is 13.0 Å². The summed E-state index contributed by atoms with van der Waals surface area (Å²) < 4.78 is 17.8. The SMILES string of the molecule is CCCOC1=CC2=C(C(=O)C1)C(=O)OC21c2ccccc2Oc2ccccc21. The molecule has 28 heavy (non-hydrogen) atoms. The van der Waals surface area contributed by atoms with Crippen molar-refractivity contribution in [2.45, 2.75) is 25.4 Å². The third-order valence-corrected chi connectivity index (χ3v) is 5.26. The lowest BCUT2D eigenvalue weighted by molar-refractivity contribution is -0.145. The largest absolute Gasteiger partial charge is 0.497 e. The van der Waals surface area contributed by atoms with Crippen LogP contribution in [0.5, 0.6) is 11.5 Å². The van der Waals surface area contributed by atoms with Crippen molar-refractivity contribution in [3.63, 3.8) is 0 Å². The smallest absolute Gasteiger partial charge is 0.343 e. The number of Topliss-reactive ketones (excluding diaryl/α,β-unsaturated/α-hetero) is 1. The Balaban J connectivity index is 1.79. The molecule has 0 saturated heterocycles. The molecular formula is C23H18O5. The average Bonchev–Trinajstić information content (AvgIpc) is 3.00. The second-order valence-electron chi connectivity index (χ2n) is 7.01. The number of carbonyl (C=O) groups excluding carboxylic acids is 2. The molecule has 140 valence electrons. The summed E-state index contributed by atoms with van der Waals surface area (Å²) >= 11 is 0. The van der Waals surface area contributed by atoms with Crippen LogP contribution >= 0.6 is 0 Å². The van der Waals surface area contributed by atoms with Crippen LogP contribution in [0.25, 0.3) is 0 Å². The van der Waals surface area contributed by atoms with E-state index in [-0.39, 0.29) is 17.8 Å². The van der Waals surface area contributed by atoms with E-state index in [1.165, 1.54) is 0 Å². The second kappa shape index (κ2) is 6.09. The van der Waals surface area contributed by atoms with E-state index in [1.807, 2.05) is 55.5 Å². The Labute approximate surface area is 162 Å². The van der Waals surface area contributed by atoms with Crippen molar-refractivity contribution in [1.82, 2.24) is 0 Å². The highest BCUT2D eigenvalue weighted by Gasteiger charge is 2.56. The number of benzene rings is 2. The number of ketones is 1. The highest BCUT2D eigenvalue weighted by Crippen LogP contribution is 2.57. The van der Waals surface area contributed by atoms with Gasteiger partial charge in [-0.05, 0) is 24.6 Å². The summed E-state index contributed by atoms with van der Waals surface area (Å²) in [4.78, 5) is 25.6. The summed E-state index contributed by atoms with van der Waals surface area (Å²) in [6.45, 7) is 2.52. The van der Waals surface area contributed by atoms with E-state index in [0.29, 0.717) is 40.6 Å². The fraction of sp³-hybridized carbons (Fsp3) is 0.217. The summed E-state index contributed by atoms with van der Waals surface area (Å²) in [6, 6.07) is 14.9. The number of hydrogen-bond donors (Lipinski definition) is 0. The summed E-state index contributed by atoms with van der Waals surface area (Å²) in [7, 11) is 0. The molecule has 2 aromatic rings. The number of carbonyl (C=O) groups is 2. The molecule has 0 N–H and O–H groups in total. The maximum atomic E-state index is 12.8. The molecule has 0 radical (unpaired) electrons. The molecule has 0 atom stereocenters. The van der Waals surface area contributed by atoms with Gasteiger partial charge in [-0.15, -0.1) is 0 Å². The van der Waals surface area contributed by atoms with Crippen molar-refractivity contribution in [1.29, 1.82) is 0 Å². The van der Waals surface area contributed by atoms with Gasteiger partial charge in [-0.25, -0.2) is 4.79 Å². The van der Waals surface area contributed by atoms with Crippen molar-refractivity contribution in [3.8, 4) is 11.5 Å². The van der Waals surface area contributed by atoms with Crippen LogP contribution in [0, 0.1) is 0 Å². The molecule has 0 aromatic heterocycles. The predicted molar refractivity (Wildman–Crippen MR) is 101 cm³/mol. The minimum Gasteiger partial charge on any atom is -0.497 e. The molecule has 2 aliphatic heterocycles. The zero-order valence-corrected chi connectivity index (χ0v) is 15.4. The quantitative estimate of drug-likeness (QED) is 0.596. The Morgan fingerprint density at radius 3 is 2.29 bits per heavy atom. The number of para-hydroxylation sites is 2. The van der Waals surface area contributed by atoms with E-state index in [0.717, 1.165) is 6.42 Å². The van der Waals surface area contributed by atoms with Crippen LogP contribution in [0.4, 0.5) is 0 Å². The number of esters is 1. The van der Waals surface area contributed by atoms with Gasteiger partial charge in [0, 0.05) is 16.7 Å². The predicted octanol–water partition coefficient (Wildman–Crippen LogP) is 4.17. The number of fused-ring (bicyclic) bond motifs is 5. The molecule has 1 aliphatic carbocycles. The first kappa shape index (κ1) is 16.8. The summed E-state index contributed by atoms with van der Waals surface area (Å²) in [5, 5.41) is 0. The lowest BCUT2D eigenvalue weighted by Gasteiger charge is -2.37. The molecule has 3 aliphatic rings. The molecule has 0 bridgehead atoms. The van der Waals surface area contributed by atoms with Crippen LogP contribution in [0.15, 0.2) is 71.5 Å². The van der Waals surface area contributed by atoms with Gasteiger partial charge < -0.3 is 14.2 Å². The maximum Gasteiger partial charge on any atom is 0.343 e. The van der Waals surface area contributed by atoms with Gasteiger partial charge in [0.15, 0.2) is 11.4 Å². The Kier molecular flexibility index (Phi) is 3.66. The van der Waals surface area contributed by atoms with E-state index < -0.39 is 11.6 Å². The molecule has 5 heteroatoms. The van der Waals surface area contributed by atoms with Crippen molar-refractivity contribution in [2.75, 3.05) is 6.61 Å². The van der Waals surface area contributed by atoms with Gasteiger partial charge in [0.2, 0.25) is 0 Å². The topological polar surface area (TPSA) is 61.8 Å². The fourth-order valence-corrected chi connectivity index (χ4v) is 4.11. The van der Waals surface area contributed by atoms with Gasteiger partial charge >= 0.3 is 5.97 Å². The zero-order chi connectivity index (χ0) is 19.3. The van der Waals surface area contributed by atoms with E-state index in [4.69, 9.17) is 14.2 Å². The summed E-state index contributed by atoms with van der Waals surface area (Å²) in [6.07, 6.45) is 2.71. The van der Waals surface area contributed by atoms with Crippen molar-refractivity contribution in [2.24, 2.45) is 0 Å². The Morgan fingerprint density at radius 1 is 1.00 bits per heavy atom. The monoisotopic (exact) mass is 374 g/mol. The Hall–Kier alpha value is -3.34. The van der Waals surface area contributed by atoms with E-state index >= 15 is 0 Å². The first-order valence-corrected chi connectivity index (χ1v) is 9.36. The Bertz CT molecular complexity index is 1030.